The van der Waals surface area contributed by atoms with Crippen molar-refractivity contribution in [3.05, 3.63) is 0 Å². The van der Waals surface area contributed by atoms with Crippen LogP contribution < -0.4 is 0 Å². The maximum atomic E-state index is 10.8. The van der Waals surface area contributed by atoms with Crippen molar-refractivity contribution in [2.45, 2.75) is 31.2 Å². The number of carboxylic acid groups (broad SMARTS) is 1. The third kappa shape index (κ3) is 1.01. The van der Waals surface area contributed by atoms with E-state index in [9.17, 15) is 20.1 Å². The Kier molecular flexibility index (Phi) is 1.67. The lowest BCUT2D eigenvalue weighted by atomic mass is 9.83. The predicted octanol–water partition coefficient (Wildman–Crippen LogP) is -1.44. The molecule has 5 atom stereocenters. The van der Waals surface area contributed by atoms with Crippen molar-refractivity contribution in [2.75, 3.05) is 0 Å². The molecule has 13 heavy (non-hydrogen) atoms. The van der Waals surface area contributed by atoms with Crippen LogP contribution in [0.1, 0.15) is 12.8 Å². The molecule has 74 valence electrons. The molecule has 0 saturated heterocycles. The average molecular weight is 188 g/mol. The van der Waals surface area contributed by atoms with Crippen molar-refractivity contribution in [1.29, 1.82) is 0 Å². The number of carboxylic acids is 1. The number of aliphatic carboxylic acids is 1. The Hall–Kier alpha value is -0.650. The minimum absolute atomic E-state index is 0.0469. The third-order valence-corrected chi connectivity index (χ3v) is 3.29. The summed E-state index contributed by atoms with van der Waals surface area (Å²) in [6, 6.07) is 0. The molecule has 0 amide bonds. The number of rotatable bonds is 1. The normalized spacial score (nSPS) is 54.1. The molecule has 2 rings (SSSR count). The Morgan fingerprint density at radius 3 is 2.31 bits per heavy atom. The fourth-order valence-corrected chi connectivity index (χ4v) is 2.31. The van der Waals surface area contributed by atoms with Gasteiger partial charge >= 0.3 is 5.97 Å². The highest BCUT2D eigenvalue weighted by molar-refractivity contribution is 5.79. The molecule has 4 N–H and O–H groups in total. The van der Waals surface area contributed by atoms with Gasteiger partial charge in [0.1, 0.15) is 6.10 Å². The number of fused-ring (bicyclic) bond motifs is 1. The van der Waals surface area contributed by atoms with Gasteiger partial charge in [0.25, 0.3) is 0 Å². The van der Waals surface area contributed by atoms with Gasteiger partial charge in [0.2, 0.25) is 0 Å². The highest BCUT2D eigenvalue weighted by atomic mass is 16.4. The highest BCUT2D eigenvalue weighted by Crippen LogP contribution is 2.61. The summed E-state index contributed by atoms with van der Waals surface area (Å²) in [5.41, 5.74) is -0.974. The monoisotopic (exact) mass is 188 g/mol. The van der Waals surface area contributed by atoms with Crippen molar-refractivity contribution in [3.63, 3.8) is 0 Å². The van der Waals surface area contributed by atoms with E-state index in [4.69, 9.17) is 5.11 Å². The van der Waals surface area contributed by atoms with Crippen molar-refractivity contribution in [2.24, 2.45) is 11.3 Å². The molecule has 0 heterocycles. The van der Waals surface area contributed by atoms with Crippen LogP contribution in [-0.4, -0.2) is 44.7 Å². The first-order valence-electron chi connectivity index (χ1n) is 4.26. The van der Waals surface area contributed by atoms with Gasteiger partial charge in [-0.25, -0.2) is 0 Å². The summed E-state index contributed by atoms with van der Waals surface area (Å²) in [5, 5.41) is 36.8. The molecule has 0 aromatic rings. The van der Waals surface area contributed by atoms with Crippen LogP contribution in [-0.2, 0) is 4.79 Å². The molecule has 2 aliphatic rings. The van der Waals surface area contributed by atoms with Crippen LogP contribution in [0.5, 0.6) is 0 Å². The smallest absolute Gasteiger partial charge is 0.310 e. The van der Waals surface area contributed by atoms with E-state index in [-0.39, 0.29) is 12.3 Å². The highest BCUT2D eigenvalue weighted by Gasteiger charge is 2.68. The summed E-state index contributed by atoms with van der Waals surface area (Å²) >= 11 is 0. The summed E-state index contributed by atoms with van der Waals surface area (Å²) in [4.78, 5) is 10.8. The van der Waals surface area contributed by atoms with Gasteiger partial charge in [-0.15, -0.1) is 0 Å². The molecule has 2 saturated carbocycles. The van der Waals surface area contributed by atoms with Crippen LogP contribution in [0.4, 0.5) is 0 Å². The largest absolute Gasteiger partial charge is 0.481 e. The van der Waals surface area contributed by atoms with Crippen LogP contribution in [0.25, 0.3) is 0 Å². The van der Waals surface area contributed by atoms with Gasteiger partial charge in [-0.05, 0) is 12.8 Å². The molecule has 0 aromatic carbocycles. The summed E-state index contributed by atoms with van der Waals surface area (Å²) in [7, 11) is 0. The van der Waals surface area contributed by atoms with Crippen molar-refractivity contribution in [1.82, 2.24) is 0 Å². The van der Waals surface area contributed by atoms with Gasteiger partial charge in [0.05, 0.1) is 17.6 Å². The second kappa shape index (κ2) is 2.43. The molecule has 2 aliphatic carbocycles. The Balaban J connectivity index is 2.20. The van der Waals surface area contributed by atoms with E-state index in [1.807, 2.05) is 0 Å². The summed E-state index contributed by atoms with van der Waals surface area (Å²) in [5.74, 6) is -1.37. The fourth-order valence-electron chi connectivity index (χ4n) is 2.31. The van der Waals surface area contributed by atoms with E-state index in [2.05, 4.69) is 0 Å². The van der Waals surface area contributed by atoms with Crippen LogP contribution in [0, 0.1) is 11.3 Å². The zero-order chi connectivity index (χ0) is 9.80. The molecule has 0 spiro atoms. The van der Waals surface area contributed by atoms with E-state index in [1.54, 1.807) is 0 Å². The zero-order valence-electron chi connectivity index (χ0n) is 6.92. The zero-order valence-corrected chi connectivity index (χ0v) is 6.92. The molecular weight excluding hydrogens is 176 g/mol. The number of carbonyl (C=O) groups is 1. The quantitative estimate of drug-likeness (QED) is 0.404. The Morgan fingerprint density at radius 1 is 1.15 bits per heavy atom. The molecule has 1 unspecified atom stereocenters. The van der Waals surface area contributed by atoms with E-state index in [1.165, 1.54) is 0 Å². The minimum atomic E-state index is -1.19. The van der Waals surface area contributed by atoms with E-state index in [0.717, 1.165) is 0 Å². The van der Waals surface area contributed by atoms with E-state index in [0.29, 0.717) is 6.42 Å². The first kappa shape index (κ1) is 8.93. The van der Waals surface area contributed by atoms with Crippen LogP contribution in [0.2, 0.25) is 0 Å². The first-order valence-corrected chi connectivity index (χ1v) is 4.26. The molecule has 0 bridgehead atoms. The fraction of sp³-hybridized carbons (Fsp3) is 0.875. The molecule has 0 aliphatic heterocycles. The number of aliphatic hydroxyl groups is 3. The van der Waals surface area contributed by atoms with E-state index >= 15 is 0 Å². The third-order valence-electron chi connectivity index (χ3n) is 3.29. The Bertz CT molecular complexity index is 253. The maximum absolute atomic E-state index is 10.8. The van der Waals surface area contributed by atoms with Crippen LogP contribution >= 0.6 is 0 Å². The van der Waals surface area contributed by atoms with E-state index < -0.39 is 29.7 Å². The summed E-state index contributed by atoms with van der Waals surface area (Å²) in [6.45, 7) is 0. The van der Waals surface area contributed by atoms with Gasteiger partial charge in [-0.2, -0.15) is 0 Å². The van der Waals surface area contributed by atoms with Crippen molar-refractivity contribution in [3.8, 4) is 0 Å². The molecule has 5 nitrogen and oxygen atoms in total. The van der Waals surface area contributed by atoms with Crippen molar-refractivity contribution >= 4 is 5.97 Å². The van der Waals surface area contributed by atoms with Gasteiger partial charge in [-0.3, -0.25) is 4.79 Å². The van der Waals surface area contributed by atoms with Gasteiger partial charge in [0, 0.05) is 5.92 Å². The number of hydrogen-bond acceptors (Lipinski definition) is 4. The van der Waals surface area contributed by atoms with Gasteiger partial charge < -0.3 is 20.4 Å². The summed E-state index contributed by atoms with van der Waals surface area (Å²) < 4.78 is 0. The molecular formula is C8H12O5. The number of aliphatic hydroxyl groups excluding tert-OH is 3. The van der Waals surface area contributed by atoms with Crippen LogP contribution in [0.15, 0.2) is 0 Å². The molecule has 5 heteroatoms. The molecule has 0 radical (unpaired) electrons. The first-order chi connectivity index (χ1) is 5.99. The van der Waals surface area contributed by atoms with Crippen molar-refractivity contribution < 1.29 is 25.2 Å². The second-order valence-corrected chi connectivity index (χ2v) is 4.02. The second-order valence-electron chi connectivity index (χ2n) is 4.02. The average Bonchev–Trinajstić information content (AvgIpc) is 2.76. The lowest BCUT2D eigenvalue weighted by Crippen LogP contribution is -2.47. The van der Waals surface area contributed by atoms with Gasteiger partial charge in [0.15, 0.2) is 0 Å². The summed E-state index contributed by atoms with van der Waals surface area (Å²) in [6.07, 6.45) is -3.01. The SMILES string of the molecule is O=C(O)[C@@]12CC1[C@@H](O)[C@@H](O)[C@H](O)C2. The lowest BCUT2D eigenvalue weighted by molar-refractivity contribution is -0.155. The Labute approximate surface area is 74.6 Å². The van der Waals surface area contributed by atoms with Crippen LogP contribution in [0.3, 0.4) is 0 Å². The predicted molar refractivity (Wildman–Crippen MR) is 40.8 cm³/mol. The topological polar surface area (TPSA) is 98.0 Å². The maximum Gasteiger partial charge on any atom is 0.310 e. The number of hydrogen-bond donors (Lipinski definition) is 4. The van der Waals surface area contributed by atoms with Gasteiger partial charge in [-0.1, -0.05) is 0 Å². The standard InChI is InChI=1S/C8H12O5/c9-4-2-8(7(12)13)1-3(8)5(10)6(4)11/h3-6,9-11H,1-2H2,(H,12,13)/t3?,4-,5-,6+,8-/m1/s1. The lowest BCUT2D eigenvalue weighted by Gasteiger charge is -2.31. The molecule has 2 fully saturated rings. The minimum Gasteiger partial charge on any atom is -0.481 e. The Morgan fingerprint density at radius 2 is 1.77 bits per heavy atom. The molecule has 0 aromatic heterocycles.